The van der Waals surface area contributed by atoms with Crippen molar-refractivity contribution in [3.8, 4) is 5.75 Å². The second kappa shape index (κ2) is 5.22. The summed E-state index contributed by atoms with van der Waals surface area (Å²) in [6, 6.07) is 7.19. The molecule has 0 aliphatic carbocycles. The molecule has 0 spiro atoms. The number of carboxylic acids is 1. The number of hydrogen-bond acceptors (Lipinski definition) is 4. The monoisotopic (exact) mass is 258 g/mol. The number of benzene rings is 1. The summed E-state index contributed by atoms with van der Waals surface area (Å²) in [5.41, 5.74) is 0.280. The molecule has 19 heavy (non-hydrogen) atoms. The smallest absolute Gasteiger partial charge is 0.339 e. The van der Waals surface area contributed by atoms with Gasteiger partial charge in [-0.05, 0) is 35.9 Å². The Bertz CT molecular complexity index is 638. The molecule has 1 aromatic carbocycles. The van der Waals surface area contributed by atoms with Crippen LogP contribution in [0.15, 0.2) is 47.1 Å². The van der Waals surface area contributed by atoms with Crippen molar-refractivity contribution < 1.29 is 24.2 Å². The van der Waals surface area contributed by atoms with Gasteiger partial charge in [-0.2, -0.15) is 0 Å². The Kier molecular flexibility index (Phi) is 3.47. The standard InChI is InChI=1S/C14H10O5/c15-11-5-3-9(8-10(11)14(17)18)4-6-12(16)13-2-1-7-19-13/h1-8,15H,(H,17,18)/b6-4+. The van der Waals surface area contributed by atoms with Crippen LogP contribution in [-0.4, -0.2) is 22.0 Å². The van der Waals surface area contributed by atoms with Crippen molar-refractivity contribution in [2.24, 2.45) is 0 Å². The minimum Gasteiger partial charge on any atom is -0.507 e. The highest BCUT2D eigenvalue weighted by atomic mass is 16.4. The molecule has 0 amide bonds. The van der Waals surface area contributed by atoms with Gasteiger partial charge in [0.2, 0.25) is 5.78 Å². The van der Waals surface area contributed by atoms with Crippen LogP contribution in [0.25, 0.3) is 6.08 Å². The van der Waals surface area contributed by atoms with E-state index in [1.165, 1.54) is 42.7 Å². The lowest BCUT2D eigenvalue weighted by molar-refractivity contribution is 0.0693. The van der Waals surface area contributed by atoms with E-state index in [1.54, 1.807) is 6.07 Å². The Morgan fingerprint density at radius 2 is 2.00 bits per heavy atom. The van der Waals surface area contributed by atoms with Gasteiger partial charge < -0.3 is 14.6 Å². The van der Waals surface area contributed by atoms with Crippen LogP contribution in [0.1, 0.15) is 26.5 Å². The van der Waals surface area contributed by atoms with Gasteiger partial charge in [-0.3, -0.25) is 4.79 Å². The number of allylic oxidation sites excluding steroid dienone is 1. The van der Waals surface area contributed by atoms with Gasteiger partial charge in [-0.25, -0.2) is 4.79 Å². The first kappa shape index (κ1) is 12.6. The fourth-order valence-corrected chi connectivity index (χ4v) is 1.50. The second-order valence-corrected chi connectivity index (χ2v) is 3.76. The van der Waals surface area contributed by atoms with Crippen LogP contribution < -0.4 is 0 Å². The molecular formula is C14H10O5. The minimum absolute atomic E-state index is 0.202. The van der Waals surface area contributed by atoms with Gasteiger partial charge in [-0.15, -0.1) is 0 Å². The normalized spacial score (nSPS) is 10.7. The van der Waals surface area contributed by atoms with Gasteiger partial charge in [0.05, 0.1) is 6.26 Å². The first-order valence-corrected chi connectivity index (χ1v) is 5.40. The zero-order valence-corrected chi connectivity index (χ0v) is 9.74. The van der Waals surface area contributed by atoms with E-state index in [0.29, 0.717) is 5.56 Å². The van der Waals surface area contributed by atoms with Crippen LogP contribution in [0.5, 0.6) is 5.75 Å². The quantitative estimate of drug-likeness (QED) is 0.650. The van der Waals surface area contributed by atoms with E-state index in [1.807, 2.05) is 0 Å². The SMILES string of the molecule is O=C(/C=C/c1ccc(O)c(C(=O)O)c1)c1ccco1. The molecule has 0 aliphatic heterocycles. The summed E-state index contributed by atoms with van der Waals surface area (Å²) < 4.78 is 4.93. The van der Waals surface area contributed by atoms with E-state index in [9.17, 15) is 14.7 Å². The molecule has 0 fully saturated rings. The largest absolute Gasteiger partial charge is 0.507 e. The lowest BCUT2D eigenvalue weighted by Gasteiger charge is -2.00. The predicted molar refractivity (Wildman–Crippen MR) is 67.1 cm³/mol. The Morgan fingerprint density at radius 3 is 2.63 bits per heavy atom. The Hall–Kier alpha value is -2.82. The highest BCUT2D eigenvalue weighted by Gasteiger charge is 2.09. The first-order valence-electron chi connectivity index (χ1n) is 5.40. The molecule has 5 nitrogen and oxygen atoms in total. The van der Waals surface area contributed by atoms with Gasteiger partial charge in [0.25, 0.3) is 0 Å². The van der Waals surface area contributed by atoms with Crippen LogP contribution in [0.2, 0.25) is 0 Å². The van der Waals surface area contributed by atoms with E-state index in [4.69, 9.17) is 9.52 Å². The molecule has 1 heterocycles. The maximum atomic E-state index is 11.6. The third kappa shape index (κ3) is 2.90. The summed E-state index contributed by atoms with van der Waals surface area (Å²) in [5.74, 6) is -1.67. The van der Waals surface area contributed by atoms with E-state index >= 15 is 0 Å². The Morgan fingerprint density at radius 1 is 1.21 bits per heavy atom. The molecule has 2 N–H and O–H groups in total. The summed E-state index contributed by atoms with van der Waals surface area (Å²) in [5, 5.41) is 18.2. The van der Waals surface area contributed by atoms with Crippen molar-refractivity contribution in [2.45, 2.75) is 0 Å². The predicted octanol–water partition coefficient (Wildman–Crippen LogP) is 2.58. The number of rotatable bonds is 4. The molecule has 2 aromatic rings. The van der Waals surface area contributed by atoms with E-state index in [2.05, 4.69) is 0 Å². The summed E-state index contributed by atoms with van der Waals surface area (Å²) in [4.78, 5) is 22.5. The molecule has 0 unspecified atom stereocenters. The number of furan rings is 1. The number of aromatic hydroxyl groups is 1. The average molecular weight is 258 g/mol. The van der Waals surface area contributed by atoms with Gasteiger partial charge in [-0.1, -0.05) is 12.1 Å². The van der Waals surface area contributed by atoms with Crippen molar-refractivity contribution in [1.82, 2.24) is 0 Å². The fourth-order valence-electron chi connectivity index (χ4n) is 1.50. The minimum atomic E-state index is -1.23. The summed E-state index contributed by atoms with van der Waals surface area (Å²) in [6.45, 7) is 0. The number of carboxylic acid groups (broad SMARTS) is 1. The van der Waals surface area contributed by atoms with Crippen LogP contribution in [-0.2, 0) is 0 Å². The lowest BCUT2D eigenvalue weighted by atomic mass is 10.1. The van der Waals surface area contributed by atoms with Crippen LogP contribution >= 0.6 is 0 Å². The molecule has 0 saturated heterocycles. The molecule has 5 heteroatoms. The zero-order chi connectivity index (χ0) is 13.8. The number of aromatic carboxylic acids is 1. The Balaban J connectivity index is 2.22. The Labute approximate surface area is 108 Å². The van der Waals surface area contributed by atoms with Crippen molar-refractivity contribution in [3.05, 3.63) is 59.6 Å². The molecule has 0 radical (unpaired) electrons. The summed E-state index contributed by atoms with van der Waals surface area (Å²) in [7, 11) is 0. The van der Waals surface area contributed by atoms with E-state index < -0.39 is 5.97 Å². The molecule has 2 rings (SSSR count). The third-order valence-electron chi connectivity index (χ3n) is 2.44. The van der Waals surface area contributed by atoms with Crippen molar-refractivity contribution >= 4 is 17.8 Å². The maximum absolute atomic E-state index is 11.6. The molecular weight excluding hydrogens is 248 g/mol. The molecule has 0 atom stereocenters. The lowest BCUT2D eigenvalue weighted by Crippen LogP contribution is -1.97. The van der Waals surface area contributed by atoms with Crippen LogP contribution in [0.3, 0.4) is 0 Å². The van der Waals surface area contributed by atoms with Crippen LogP contribution in [0, 0.1) is 0 Å². The van der Waals surface area contributed by atoms with Gasteiger partial charge >= 0.3 is 5.97 Å². The first-order chi connectivity index (χ1) is 9.08. The number of ketones is 1. The average Bonchev–Trinajstić information content (AvgIpc) is 2.91. The topological polar surface area (TPSA) is 87.7 Å². The van der Waals surface area contributed by atoms with Gasteiger partial charge in [0.1, 0.15) is 11.3 Å². The highest BCUT2D eigenvalue weighted by Crippen LogP contribution is 2.19. The molecule has 0 bridgehead atoms. The van der Waals surface area contributed by atoms with Gasteiger partial charge in [0.15, 0.2) is 5.76 Å². The number of carbonyl (C=O) groups is 2. The number of hydrogen-bond donors (Lipinski definition) is 2. The molecule has 0 aliphatic rings. The molecule has 0 saturated carbocycles. The van der Waals surface area contributed by atoms with Crippen molar-refractivity contribution in [2.75, 3.05) is 0 Å². The zero-order valence-electron chi connectivity index (χ0n) is 9.74. The number of phenols is 1. The summed E-state index contributed by atoms with van der Waals surface area (Å²) in [6.07, 6.45) is 4.12. The third-order valence-corrected chi connectivity index (χ3v) is 2.44. The fraction of sp³-hybridized carbons (Fsp3) is 0. The van der Waals surface area contributed by atoms with E-state index in [-0.39, 0.29) is 22.9 Å². The van der Waals surface area contributed by atoms with Crippen molar-refractivity contribution in [1.29, 1.82) is 0 Å². The molecule has 1 aromatic heterocycles. The highest BCUT2D eigenvalue weighted by molar-refractivity contribution is 6.05. The number of carbonyl (C=O) groups excluding carboxylic acids is 1. The van der Waals surface area contributed by atoms with E-state index in [0.717, 1.165) is 0 Å². The van der Waals surface area contributed by atoms with Crippen molar-refractivity contribution in [3.63, 3.8) is 0 Å². The maximum Gasteiger partial charge on any atom is 0.339 e. The van der Waals surface area contributed by atoms with Gasteiger partial charge in [0, 0.05) is 0 Å². The summed E-state index contributed by atoms with van der Waals surface area (Å²) >= 11 is 0. The van der Waals surface area contributed by atoms with Crippen LogP contribution in [0.4, 0.5) is 0 Å². The molecule has 96 valence electrons. The second-order valence-electron chi connectivity index (χ2n) is 3.76.